The van der Waals surface area contributed by atoms with Gasteiger partial charge in [0.15, 0.2) is 5.69 Å². The summed E-state index contributed by atoms with van der Waals surface area (Å²) in [6.07, 6.45) is 0. The lowest BCUT2D eigenvalue weighted by Gasteiger charge is -2.26. The van der Waals surface area contributed by atoms with Crippen LogP contribution < -0.4 is 11.1 Å². The average molecular weight is 386 g/mol. The molecule has 2 aromatic heterocycles. The average Bonchev–Trinajstić information content (AvgIpc) is 3.32. The Morgan fingerprint density at radius 2 is 2.04 bits per heavy atom. The van der Waals surface area contributed by atoms with Crippen LogP contribution in [-0.4, -0.2) is 64.3 Å². The summed E-state index contributed by atoms with van der Waals surface area (Å²) in [7, 11) is 0. The summed E-state index contributed by atoms with van der Waals surface area (Å²) in [5.74, 6) is -0.323. The van der Waals surface area contributed by atoms with Gasteiger partial charge in [0.25, 0.3) is 0 Å². The number of hydrogen-bond donors (Lipinski definition) is 1. The molecule has 10 heteroatoms. The van der Waals surface area contributed by atoms with Gasteiger partial charge < -0.3 is 10.1 Å². The molecule has 1 aromatic carbocycles. The van der Waals surface area contributed by atoms with Crippen molar-refractivity contribution in [1.29, 1.82) is 0 Å². The predicted molar refractivity (Wildman–Crippen MR) is 99.1 cm³/mol. The van der Waals surface area contributed by atoms with Gasteiger partial charge >= 0.3 is 5.76 Å². The summed E-state index contributed by atoms with van der Waals surface area (Å²) in [5, 5.41) is 15.1. The number of benzene rings is 1. The Balaban J connectivity index is 1.48. The van der Waals surface area contributed by atoms with Crippen molar-refractivity contribution in [1.82, 2.24) is 30.3 Å². The number of ether oxygens (including phenoxy) is 1. The van der Waals surface area contributed by atoms with Crippen molar-refractivity contribution >= 4 is 0 Å². The number of nitrogens with zero attached hydrogens (tertiary/aromatic N) is 5. The van der Waals surface area contributed by atoms with Gasteiger partial charge in [-0.2, -0.15) is 0 Å². The number of hydrogen-bond acceptors (Lipinski definition) is 9. The molecule has 3 aromatic rings. The number of aryl methyl sites for hydroxylation is 1. The van der Waals surface area contributed by atoms with Crippen molar-refractivity contribution in [3.63, 3.8) is 0 Å². The van der Waals surface area contributed by atoms with E-state index in [2.05, 4.69) is 25.7 Å². The molecule has 1 saturated heterocycles. The highest BCUT2D eigenvalue weighted by Gasteiger charge is 2.22. The Bertz CT molecular complexity index is 972. The highest BCUT2D eigenvalue weighted by molar-refractivity contribution is 5.55. The minimum absolute atomic E-state index is 0.266. The number of aromatic nitrogens is 4. The molecule has 10 nitrogen and oxygen atoms in total. The lowest BCUT2D eigenvalue weighted by atomic mass is 10.2. The molecule has 28 heavy (non-hydrogen) atoms. The van der Waals surface area contributed by atoms with Crippen LogP contribution in [0.2, 0.25) is 0 Å². The number of rotatable bonds is 7. The fourth-order valence-corrected chi connectivity index (χ4v) is 3.16. The third kappa shape index (κ3) is 4.03. The zero-order chi connectivity index (χ0) is 19.3. The first-order valence-corrected chi connectivity index (χ1v) is 9.21. The molecular formula is C18H22N6O4. The van der Waals surface area contributed by atoms with E-state index in [4.69, 9.17) is 13.9 Å². The van der Waals surface area contributed by atoms with Crippen molar-refractivity contribution in [3.05, 3.63) is 46.1 Å². The Labute approximate surface area is 161 Å². The molecule has 1 N–H and O–H groups in total. The quantitative estimate of drug-likeness (QED) is 0.584. The topological polar surface area (TPSA) is 111 Å². The molecular weight excluding hydrogens is 364 g/mol. The van der Waals surface area contributed by atoms with Crippen molar-refractivity contribution in [2.24, 2.45) is 0 Å². The zero-order valence-electron chi connectivity index (χ0n) is 15.6. The van der Waals surface area contributed by atoms with E-state index < -0.39 is 5.76 Å². The van der Waals surface area contributed by atoms with Gasteiger partial charge in [-0.15, -0.1) is 0 Å². The molecule has 1 fully saturated rings. The molecule has 3 heterocycles. The molecule has 0 saturated carbocycles. The molecule has 1 aliphatic heterocycles. The van der Waals surface area contributed by atoms with Gasteiger partial charge in [-0.3, -0.25) is 9.42 Å². The van der Waals surface area contributed by atoms with Crippen molar-refractivity contribution < 1.29 is 13.9 Å². The summed E-state index contributed by atoms with van der Waals surface area (Å²) in [4.78, 5) is 14.6. The Morgan fingerprint density at radius 1 is 1.18 bits per heavy atom. The van der Waals surface area contributed by atoms with E-state index in [0.29, 0.717) is 23.6 Å². The molecule has 148 valence electrons. The first kappa shape index (κ1) is 18.5. The van der Waals surface area contributed by atoms with E-state index in [1.165, 1.54) is 4.57 Å². The Kier molecular flexibility index (Phi) is 5.60. The Hall–Kier alpha value is -2.82. The summed E-state index contributed by atoms with van der Waals surface area (Å²) in [5.41, 5.74) is 2.61. The van der Waals surface area contributed by atoms with Crippen LogP contribution in [0.3, 0.4) is 0 Å². The highest BCUT2D eigenvalue weighted by atomic mass is 16.6. The number of morpholine rings is 1. The minimum atomic E-state index is -0.588. The standard InChI is InChI=1S/C18H22N6O4/c1-13-3-2-4-14(11-13)24-17(22-27-18(24)25)16-15(20-28-21-16)12-19-5-6-23-7-9-26-10-8-23/h2-4,11,19H,5-10,12H2,1H3. The summed E-state index contributed by atoms with van der Waals surface area (Å²) in [6, 6.07) is 7.49. The van der Waals surface area contributed by atoms with Gasteiger partial charge in [-0.25, -0.2) is 14.0 Å². The van der Waals surface area contributed by atoms with Crippen LogP contribution in [0.5, 0.6) is 0 Å². The number of nitrogens with one attached hydrogen (secondary N) is 1. The molecule has 0 radical (unpaired) electrons. The molecule has 0 bridgehead atoms. The maximum absolute atomic E-state index is 12.2. The second kappa shape index (κ2) is 8.46. The minimum Gasteiger partial charge on any atom is -0.379 e. The van der Waals surface area contributed by atoms with Crippen LogP contribution in [0.1, 0.15) is 11.3 Å². The molecule has 0 spiro atoms. The van der Waals surface area contributed by atoms with E-state index in [-0.39, 0.29) is 5.82 Å². The van der Waals surface area contributed by atoms with E-state index >= 15 is 0 Å². The smallest absolute Gasteiger partial charge is 0.379 e. The van der Waals surface area contributed by atoms with Crippen LogP contribution in [0.25, 0.3) is 17.2 Å². The van der Waals surface area contributed by atoms with E-state index in [1.54, 1.807) is 0 Å². The van der Waals surface area contributed by atoms with Gasteiger partial charge in [-0.1, -0.05) is 22.4 Å². The Morgan fingerprint density at radius 3 is 2.86 bits per heavy atom. The van der Waals surface area contributed by atoms with E-state index in [0.717, 1.165) is 45.0 Å². The molecule has 1 aliphatic rings. The highest BCUT2D eigenvalue weighted by Crippen LogP contribution is 2.21. The fraction of sp³-hybridized carbons (Fsp3) is 0.444. The largest absolute Gasteiger partial charge is 0.446 e. The van der Waals surface area contributed by atoms with Crippen LogP contribution in [0, 0.1) is 6.92 Å². The molecule has 0 unspecified atom stereocenters. The van der Waals surface area contributed by atoms with Crippen molar-refractivity contribution in [2.45, 2.75) is 13.5 Å². The van der Waals surface area contributed by atoms with Crippen LogP contribution in [-0.2, 0) is 11.3 Å². The molecule has 4 rings (SSSR count). The van der Waals surface area contributed by atoms with Crippen molar-refractivity contribution in [2.75, 3.05) is 39.4 Å². The first-order valence-electron chi connectivity index (χ1n) is 9.21. The van der Waals surface area contributed by atoms with Gasteiger partial charge in [-0.05, 0) is 29.8 Å². The van der Waals surface area contributed by atoms with E-state index in [1.807, 2.05) is 31.2 Å². The maximum Gasteiger partial charge on any atom is 0.446 e. The van der Waals surface area contributed by atoms with E-state index in [9.17, 15) is 4.79 Å². The maximum atomic E-state index is 12.2. The molecule has 0 atom stereocenters. The second-order valence-corrected chi connectivity index (χ2v) is 6.64. The first-order chi connectivity index (χ1) is 13.7. The zero-order valence-corrected chi connectivity index (χ0v) is 15.6. The van der Waals surface area contributed by atoms with Crippen LogP contribution in [0.4, 0.5) is 0 Å². The lowest BCUT2D eigenvalue weighted by molar-refractivity contribution is 0.0384. The normalized spacial score (nSPS) is 15.2. The van der Waals surface area contributed by atoms with Gasteiger partial charge in [0, 0.05) is 32.7 Å². The predicted octanol–water partition coefficient (Wildman–Crippen LogP) is 0.606. The second-order valence-electron chi connectivity index (χ2n) is 6.64. The molecule has 0 amide bonds. The lowest BCUT2D eigenvalue weighted by Crippen LogP contribution is -2.40. The monoisotopic (exact) mass is 386 g/mol. The SMILES string of the molecule is Cc1cccc(-n2c(-c3nonc3CNCCN3CCOCC3)noc2=O)c1. The van der Waals surface area contributed by atoms with Gasteiger partial charge in [0.2, 0.25) is 5.82 Å². The van der Waals surface area contributed by atoms with Gasteiger partial charge in [0.1, 0.15) is 5.69 Å². The summed E-state index contributed by atoms with van der Waals surface area (Å²) in [6.45, 7) is 7.54. The fourth-order valence-electron chi connectivity index (χ4n) is 3.16. The van der Waals surface area contributed by atoms with Crippen LogP contribution >= 0.6 is 0 Å². The summed E-state index contributed by atoms with van der Waals surface area (Å²) >= 11 is 0. The summed E-state index contributed by atoms with van der Waals surface area (Å²) < 4.78 is 16.5. The van der Waals surface area contributed by atoms with Crippen molar-refractivity contribution in [3.8, 4) is 17.2 Å². The van der Waals surface area contributed by atoms with Crippen LogP contribution in [0.15, 0.2) is 38.2 Å². The van der Waals surface area contributed by atoms with Gasteiger partial charge in [0.05, 0.1) is 18.9 Å². The third-order valence-corrected chi connectivity index (χ3v) is 4.63. The third-order valence-electron chi connectivity index (χ3n) is 4.63. The molecule has 0 aliphatic carbocycles.